The van der Waals surface area contributed by atoms with Crippen LogP contribution in [0.2, 0.25) is 10.0 Å². The number of amides is 2. The van der Waals surface area contributed by atoms with E-state index in [1.54, 1.807) is 31.2 Å². The Morgan fingerprint density at radius 1 is 1.03 bits per heavy atom. The molecular weight excluding hydrogens is 529 g/mol. The normalized spacial score (nSPS) is 12.0. The van der Waals surface area contributed by atoms with Crippen molar-refractivity contribution in [2.75, 3.05) is 37.9 Å². The van der Waals surface area contributed by atoms with E-state index in [2.05, 4.69) is 5.32 Å². The molecule has 0 fully saturated rings. The summed E-state index contributed by atoms with van der Waals surface area (Å²) in [5.41, 5.74) is 0.839. The summed E-state index contributed by atoms with van der Waals surface area (Å²) in [5.74, 6) is -0.234. The van der Waals surface area contributed by atoms with Gasteiger partial charge in [-0.3, -0.25) is 13.9 Å². The summed E-state index contributed by atoms with van der Waals surface area (Å²) in [6, 6.07) is 8.52. The van der Waals surface area contributed by atoms with Crippen LogP contribution in [0, 0.1) is 0 Å². The van der Waals surface area contributed by atoms with Gasteiger partial charge in [-0.05, 0) is 43.2 Å². The molecule has 36 heavy (non-hydrogen) atoms. The fourth-order valence-corrected chi connectivity index (χ4v) is 4.57. The Morgan fingerprint density at radius 2 is 1.69 bits per heavy atom. The lowest BCUT2D eigenvalue weighted by atomic mass is 10.1. The fraction of sp³-hybridized carbons (Fsp3) is 0.417. The topological polar surface area (TPSA) is 105 Å². The minimum atomic E-state index is -3.89. The van der Waals surface area contributed by atoms with Gasteiger partial charge in [-0.15, -0.1) is 0 Å². The molecule has 0 bridgehead atoms. The molecule has 0 aromatic heterocycles. The number of anilines is 1. The van der Waals surface area contributed by atoms with Crippen LogP contribution in [0.3, 0.4) is 0 Å². The highest BCUT2D eigenvalue weighted by molar-refractivity contribution is 7.92. The molecule has 2 aromatic carbocycles. The first-order chi connectivity index (χ1) is 16.9. The summed E-state index contributed by atoms with van der Waals surface area (Å²) >= 11 is 12.2. The van der Waals surface area contributed by atoms with Gasteiger partial charge in [0.15, 0.2) is 11.5 Å². The molecule has 0 aliphatic heterocycles. The van der Waals surface area contributed by atoms with Gasteiger partial charge in [0.1, 0.15) is 12.6 Å². The molecular formula is C24H31Cl2N3O6S. The summed E-state index contributed by atoms with van der Waals surface area (Å²) in [7, 11) is -1.00. The van der Waals surface area contributed by atoms with E-state index in [4.69, 9.17) is 32.7 Å². The molecule has 1 atom stereocenters. The molecule has 9 nitrogen and oxygen atoms in total. The number of rotatable bonds is 12. The highest BCUT2D eigenvalue weighted by Gasteiger charge is 2.30. The number of halogens is 2. The van der Waals surface area contributed by atoms with Crippen molar-refractivity contribution in [3.63, 3.8) is 0 Å². The number of sulfonamides is 1. The van der Waals surface area contributed by atoms with Crippen molar-refractivity contribution in [3.8, 4) is 11.5 Å². The lowest BCUT2D eigenvalue weighted by Gasteiger charge is -2.31. The van der Waals surface area contributed by atoms with Crippen LogP contribution in [0.5, 0.6) is 11.5 Å². The van der Waals surface area contributed by atoms with E-state index in [-0.39, 0.29) is 18.1 Å². The third-order valence-corrected chi connectivity index (χ3v) is 7.27. The van der Waals surface area contributed by atoms with Gasteiger partial charge in [-0.1, -0.05) is 36.2 Å². The quantitative estimate of drug-likeness (QED) is 0.425. The number of ether oxygens (including phenoxy) is 2. The summed E-state index contributed by atoms with van der Waals surface area (Å²) in [4.78, 5) is 27.6. The molecule has 0 heterocycles. The number of nitrogens with zero attached hydrogens (tertiary/aromatic N) is 2. The number of carbonyl (C=O) groups is 2. The van der Waals surface area contributed by atoms with E-state index in [1.165, 1.54) is 31.3 Å². The molecule has 0 aliphatic carbocycles. The van der Waals surface area contributed by atoms with Crippen LogP contribution in [0.1, 0.15) is 25.8 Å². The zero-order valence-corrected chi connectivity index (χ0v) is 23.2. The standard InChI is InChI=1S/C24H31Cl2N3O6S/c1-6-11-27-24(31)16(2)28(14-17-7-9-19(25)20(26)12-17)23(30)15-29(36(5,32)33)18-8-10-21(34-3)22(13-18)35-4/h7-10,12-13,16H,6,11,14-15H2,1-5H3,(H,27,31)/t16-/m0/s1. The number of nitrogens with one attached hydrogen (secondary N) is 1. The third kappa shape index (κ3) is 7.65. The molecule has 0 saturated carbocycles. The first-order valence-corrected chi connectivity index (χ1v) is 13.7. The zero-order chi connectivity index (χ0) is 27.0. The van der Waals surface area contributed by atoms with Gasteiger partial charge in [-0.25, -0.2) is 8.42 Å². The molecule has 2 rings (SSSR count). The van der Waals surface area contributed by atoms with Gasteiger partial charge in [0.2, 0.25) is 21.8 Å². The third-order valence-electron chi connectivity index (χ3n) is 5.39. The molecule has 1 N–H and O–H groups in total. The first-order valence-electron chi connectivity index (χ1n) is 11.1. The Bertz CT molecular complexity index is 1190. The Morgan fingerprint density at radius 3 is 2.25 bits per heavy atom. The Labute approximate surface area is 222 Å². The van der Waals surface area contributed by atoms with Crippen molar-refractivity contribution < 1.29 is 27.5 Å². The average Bonchev–Trinajstić information content (AvgIpc) is 2.84. The Hall–Kier alpha value is -2.69. The second kappa shape index (κ2) is 13.0. The minimum Gasteiger partial charge on any atom is -0.493 e. The van der Waals surface area contributed by atoms with Gasteiger partial charge in [0.25, 0.3) is 0 Å². The number of hydrogen-bond acceptors (Lipinski definition) is 6. The zero-order valence-electron chi connectivity index (χ0n) is 20.9. The van der Waals surface area contributed by atoms with Crippen molar-refractivity contribution >= 4 is 50.7 Å². The van der Waals surface area contributed by atoms with Gasteiger partial charge in [0, 0.05) is 19.2 Å². The Kier molecular flexibility index (Phi) is 10.7. The van der Waals surface area contributed by atoms with Crippen LogP contribution in [0.25, 0.3) is 0 Å². The molecule has 0 saturated heterocycles. The highest BCUT2D eigenvalue weighted by atomic mass is 35.5. The number of benzene rings is 2. The van der Waals surface area contributed by atoms with Gasteiger partial charge in [-0.2, -0.15) is 0 Å². The highest BCUT2D eigenvalue weighted by Crippen LogP contribution is 2.32. The van der Waals surface area contributed by atoms with Crippen LogP contribution >= 0.6 is 23.2 Å². The van der Waals surface area contributed by atoms with Gasteiger partial charge < -0.3 is 19.7 Å². The number of methoxy groups -OCH3 is 2. The van der Waals surface area contributed by atoms with Crippen molar-refractivity contribution in [1.29, 1.82) is 0 Å². The van der Waals surface area contributed by atoms with Crippen LogP contribution in [0.15, 0.2) is 36.4 Å². The maximum Gasteiger partial charge on any atom is 0.244 e. The van der Waals surface area contributed by atoms with Crippen LogP contribution in [-0.2, 0) is 26.2 Å². The minimum absolute atomic E-state index is 0.0139. The van der Waals surface area contributed by atoms with E-state index in [9.17, 15) is 18.0 Å². The van der Waals surface area contributed by atoms with E-state index in [0.717, 1.165) is 17.0 Å². The molecule has 0 aliphatic rings. The SMILES string of the molecule is CCCNC(=O)[C@H](C)N(Cc1ccc(Cl)c(Cl)c1)C(=O)CN(c1ccc(OC)c(OC)c1)S(C)(=O)=O. The summed E-state index contributed by atoms with van der Waals surface area (Å²) in [6.07, 6.45) is 1.72. The lowest BCUT2D eigenvalue weighted by molar-refractivity contribution is -0.139. The Balaban J connectivity index is 2.44. The molecule has 2 amide bonds. The van der Waals surface area contributed by atoms with Crippen LogP contribution in [-0.4, -0.2) is 64.7 Å². The lowest BCUT2D eigenvalue weighted by Crippen LogP contribution is -2.51. The molecule has 2 aromatic rings. The second-order valence-electron chi connectivity index (χ2n) is 8.05. The summed E-state index contributed by atoms with van der Waals surface area (Å²) in [5, 5.41) is 3.42. The predicted octanol–water partition coefficient (Wildman–Crippen LogP) is 3.72. The van der Waals surface area contributed by atoms with Crippen molar-refractivity contribution in [2.45, 2.75) is 32.9 Å². The van der Waals surface area contributed by atoms with Gasteiger partial charge in [0.05, 0.1) is 36.2 Å². The second-order valence-corrected chi connectivity index (χ2v) is 10.8. The maximum atomic E-state index is 13.6. The molecule has 0 radical (unpaired) electrons. The smallest absolute Gasteiger partial charge is 0.244 e. The van der Waals surface area contributed by atoms with Crippen molar-refractivity contribution in [3.05, 3.63) is 52.0 Å². The van der Waals surface area contributed by atoms with E-state index in [1.807, 2.05) is 6.92 Å². The van der Waals surface area contributed by atoms with Crippen LogP contribution in [0.4, 0.5) is 5.69 Å². The van der Waals surface area contributed by atoms with E-state index in [0.29, 0.717) is 33.7 Å². The van der Waals surface area contributed by atoms with Gasteiger partial charge >= 0.3 is 0 Å². The van der Waals surface area contributed by atoms with Crippen LogP contribution < -0.4 is 19.1 Å². The maximum absolute atomic E-state index is 13.6. The molecule has 0 spiro atoms. The predicted molar refractivity (Wildman–Crippen MR) is 142 cm³/mol. The number of hydrogen-bond donors (Lipinski definition) is 1. The first kappa shape index (κ1) is 29.5. The molecule has 198 valence electrons. The molecule has 12 heteroatoms. The number of carbonyl (C=O) groups excluding carboxylic acids is 2. The average molecular weight is 561 g/mol. The summed E-state index contributed by atoms with van der Waals surface area (Å²) in [6.45, 7) is 3.42. The monoisotopic (exact) mass is 559 g/mol. The molecule has 0 unspecified atom stereocenters. The summed E-state index contributed by atoms with van der Waals surface area (Å²) < 4.78 is 36.9. The van der Waals surface area contributed by atoms with Crippen molar-refractivity contribution in [2.24, 2.45) is 0 Å². The fourth-order valence-electron chi connectivity index (χ4n) is 3.41. The van der Waals surface area contributed by atoms with E-state index < -0.39 is 28.5 Å². The van der Waals surface area contributed by atoms with Crippen molar-refractivity contribution in [1.82, 2.24) is 10.2 Å². The largest absolute Gasteiger partial charge is 0.493 e. The van der Waals surface area contributed by atoms with E-state index >= 15 is 0 Å².